The quantitative estimate of drug-likeness (QED) is 0.833. The molecule has 2 rings (SSSR count). The van der Waals surface area contributed by atoms with Crippen molar-refractivity contribution in [2.75, 3.05) is 27.2 Å². The molecule has 0 bridgehead atoms. The Bertz CT molecular complexity index is 499. The van der Waals surface area contributed by atoms with E-state index >= 15 is 0 Å². The van der Waals surface area contributed by atoms with E-state index in [-0.39, 0.29) is 11.9 Å². The molecule has 0 aliphatic carbocycles. The maximum Gasteiger partial charge on any atom is 0.251 e. The number of likely N-dealkylation sites (N-methyl/N-ethyl adjacent to an activating group) is 1. The van der Waals surface area contributed by atoms with Gasteiger partial charge in [-0.3, -0.25) is 4.79 Å². The van der Waals surface area contributed by atoms with Gasteiger partial charge in [0.1, 0.15) is 5.75 Å². The molecule has 1 N–H and O–H groups in total. The molecule has 4 heteroatoms. The molecular formula is C16H22N2O2. The molecule has 1 aromatic rings. The van der Waals surface area contributed by atoms with E-state index in [4.69, 9.17) is 4.74 Å². The number of amides is 1. The summed E-state index contributed by atoms with van der Waals surface area (Å²) in [5.74, 6) is 0.778. The Morgan fingerprint density at radius 3 is 3.00 bits per heavy atom. The molecule has 0 unspecified atom stereocenters. The lowest BCUT2D eigenvalue weighted by Gasteiger charge is -2.14. The number of nitrogens with one attached hydrogen (secondary N) is 1. The third-order valence-corrected chi connectivity index (χ3v) is 3.63. The van der Waals surface area contributed by atoms with Crippen LogP contribution in [-0.4, -0.2) is 44.1 Å². The van der Waals surface area contributed by atoms with Crippen LogP contribution in [-0.2, 0) is 6.42 Å². The highest BCUT2D eigenvalue weighted by molar-refractivity contribution is 5.94. The highest BCUT2D eigenvalue weighted by atomic mass is 16.5. The molecule has 1 fully saturated rings. The van der Waals surface area contributed by atoms with Crippen molar-refractivity contribution in [3.8, 4) is 5.75 Å². The zero-order valence-corrected chi connectivity index (χ0v) is 12.2. The maximum absolute atomic E-state index is 12.3. The predicted octanol–water partition coefficient (Wildman–Crippen LogP) is 1.86. The van der Waals surface area contributed by atoms with Crippen molar-refractivity contribution in [3.63, 3.8) is 0 Å². The van der Waals surface area contributed by atoms with Gasteiger partial charge in [0.05, 0.1) is 7.11 Å². The average Bonchev–Trinajstić information content (AvgIpc) is 2.84. The first-order valence-electron chi connectivity index (χ1n) is 6.91. The molecule has 1 amide bonds. The summed E-state index contributed by atoms with van der Waals surface area (Å²) in [5.41, 5.74) is 1.66. The highest BCUT2D eigenvalue weighted by Gasteiger charge is 2.21. The van der Waals surface area contributed by atoms with Crippen LogP contribution in [0.2, 0.25) is 0 Å². The van der Waals surface area contributed by atoms with Crippen LogP contribution in [0.5, 0.6) is 5.75 Å². The molecule has 1 heterocycles. The Kier molecular flexibility index (Phi) is 4.79. The second-order valence-electron chi connectivity index (χ2n) is 5.24. The first-order chi connectivity index (χ1) is 9.63. The second kappa shape index (κ2) is 6.57. The molecule has 0 spiro atoms. The Labute approximate surface area is 120 Å². The number of rotatable bonds is 5. The molecule has 20 heavy (non-hydrogen) atoms. The predicted molar refractivity (Wildman–Crippen MR) is 80.3 cm³/mol. The van der Waals surface area contributed by atoms with Crippen LogP contribution in [0.1, 0.15) is 22.3 Å². The van der Waals surface area contributed by atoms with E-state index in [2.05, 4.69) is 23.8 Å². The summed E-state index contributed by atoms with van der Waals surface area (Å²) in [6, 6.07) is 5.78. The number of methoxy groups -OCH3 is 1. The summed E-state index contributed by atoms with van der Waals surface area (Å²) >= 11 is 0. The van der Waals surface area contributed by atoms with Crippen molar-refractivity contribution < 1.29 is 9.53 Å². The van der Waals surface area contributed by atoms with Crippen molar-refractivity contribution >= 4 is 5.91 Å². The van der Waals surface area contributed by atoms with Gasteiger partial charge in [0.2, 0.25) is 0 Å². The van der Waals surface area contributed by atoms with Gasteiger partial charge in [-0.1, -0.05) is 6.08 Å². The third kappa shape index (κ3) is 3.39. The summed E-state index contributed by atoms with van der Waals surface area (Å²) in [5, 5.41) is 3.09. The average molecular weight is 274 g/mol. The maximum atomic E-state index is 12.3. The van der Waals surface area contributed by atoms with Crippen LogP contribution in [0.15, 0.2) is 30.9 Å². The molecule has 1 aliphatic heterocycles. The number of carbonyl (C=O) groups is 1. The van der Waals surface area contributed by atoms with Crippen molar-refractivity contribution in [1.82, 2.24) is 10.2 Å². The van der Waals surface area contributed by atoms with Gasteiger partial charge in [-0.25, -0.2) is 0 Å². The largest absolute Gasteiger partial charge is 0.496 e. The second-order valence-corrected chi connectivity index (χ2v) is 5.24. The molecule has 0 saturated carbocycles. The van der Waals surface area contributed by atoms with Crippen molar-refractivity contribution in [3.05, 3.63) is 42.0 Å². The minimum atomic E-state index is -0.0155. The summed E-state index contributed by atoms with van der Waals surface area (Å²) < 4.78 is 5.29. The van der Waals surface area contributed by atoms with E-state index in [1.807, 2.05) is 18.2 Å². The summed E-state index contributed by atoms with van der Waals surface area (Å²) in [7, 11) is 3.71. The fraction of sp³-hybridized carbons (Fsp3) is 0.438. The lowest BCUT2D eigenvalue weighted by Crippen LogP contribution is -2.36. The number of allylic oxidation sites excluding steroid dienone is 1. The van der Waals surface area contributed by atoms with Crippen LogP contribution in [0, 0.1) is 0 Å². The third-order valence-electron chi connectivity index (χ3n) is 3.63. The summed E-state index contributed by atoms with van der Waals surface area (Å²) in [4.78, 5) is 14.5. The smallest absolute Gasteiger partial charge is 0.251 e. The lowest BCUT2D eigenvalue weighted by atomic mass is 10.1. The summed E-state index contributed by atoms with van der Waals surface area (Å²) in [6.07, 6.45) is 3.51. The Balaban J connectivity index is 2.09. The molecule has 1 atom stereocenters. The fourth-order valence-corrected chi connectivity index (χ4v) is 2.56. The molecule has 1 aromatic carbocycles. The normalized spacial score (nSPS) is 18.8. The Hall–Kier alpha value is -1.81. The monoisotopic (exact) mass is 274 g/mol. The topological polar surface area (TPSA) is 41.6 Å². The van der Waals surface area contributed by atoms with E-state index in [1.54, 1.807) is 13.2 Å². The summed E-state index contributed by atoms with van der Waals surface area (Å²) in [6.45, 7) is 5.69. The zero-order valence-electron chi connectivity index (χ0n) is 12.2. The van der Waals surface area contributed by atoms with Crippen LogP contribution in [0.25, 0.3) is 0 Å². The van der Waals surface area contributed by atoms with E-state index < -0.39 is 0 Å². The number of nitrogens with zero attached hydrogens (tertiary/aromatic N) is 1. The number of ether oxygens (including phenoxy) is 1. The van der Waals surface area contributed by atoms with E-state index in [9.17, 15) is 4.79 Å². The van der Waals surface area contributed by atoms with Gasteiger partial charge in [-0.05, 0) is 50.2 Å². The molecule has 1 aliphatic rings. The lowest BCUT2D eigenvalue weighted by molar-refractivity contribution is 0.0938. The molecule has 0 radical (unpaired) electrons. The zero-order chi connectivity index (χ0) is 14.5. The standard InChI is InChI=1S/C16H22N2O2/c1-4-5-12-10-13(6-7-15(12)20-3)16(19)17-14-8-9-18(2)11-14/h4,6-7,10,14H,1,5,8-9,11H2,2-3H3,(H,17,19)/t14-/m1/s1. The molecule has 108 valence electrons. The van der Waals surface area contributed by atoms with Crippen molar-refractivity contribution in [2.24, 2.45) is 0 Å². The van der Waals surface area contributed by atoms with E-state index in [1.165, 1.54) is 0 Å². The fourth-order valence-electron chi connectivity index (χ4n) is 2.56. The van der Waals surface area contributed by atoms with E-state index in [0.29, 0.717) is 12.0 Å². The highest BCUT2D eigenvalue weighted by Crippen LogP contribution is 2.21. The van der Waals surface area contributed by atoms with Gasteiger partial charge < -0.3 is 15.0 Å². The number of likely N-dealkylation sites (tertiary alicyclic amines) is 1. The molecule has 1 saturated heterocycles. The molecule has 0 aromatic heterocycles. The van der Waals surface area contributed by atoms with Crippen molar-refractivity contribution in [2.45, 2.75) is 18.9 Å². The minimum Gasteiger partial charge on any atom is -0.496 e. The van der Waals surface area contributed by atoms with Crippen LogP contribution >= 0.6 is 0 Å². The first kappa shape index (κ1) is 14.6. The van der Waals surface area contributed by atoms with Gasteiger partial charge in [0.15, 0.2) is 0 Å². The van der Waals surface area contributed by atoms with Crippen molar-refractivity contribution in [1.29, 1.82) is 0 Å². The van der Waals surface area contributed by atoms with E-state index in [0.717, 1.165) is 30.8 Å². The molecular weight excluding hydrogens is 252 g/mol. The van der Waals surface area contributed by atoms with Gasteiger partial charge in [0, 0.05) is 18.2 Å². The van der Waals surface area contributed by atoms with Gasteiger partial charge in [-0.15, -0.1) is 6.58 Å². The van der Waals surface area contributed by atoms with Crippen LogP contribution < -0.4 is 10.1 Å². The van der Waals surface area contributed by atoms with Crippen LogP contribution in [0.4, 0.5) is 0 Å². The van der Waals surface area contributed by atoms with Gasteiger partial charge in [-0.2, -0.15) is 0 Å². The molecule has 4 nitrogen and oxygen atoms in total. The number of carbonyl (C=O) groups excluding carboxylic acids is 1. The Morgan fingerprint density at radius 2 is 2.40 bits per heavy atom. The number of benzene rings is 1. The number of hydrogen-bond donors (Lipinski definition) is 1. The van der Waals surface area contributed by atoms with Crippen LogP contribution in [0.3, 0.4) is 0 Å². The SMILES string of the molecule is C=CCc1cc(C(=O)N[C@@H]2CCN(C)C2)ccc1OC. The Morgan fingerprint density at radius 1 is 1.60 bits per heavy atom. The van der Waals surface area contributed by atoms with Gasteiger partial charge in [0.25, 0.3) is 5.91 Å². The number of hydrogen-bond acceptors (Lipinski definition) is 3. The first-order valence-corrected chi connectivity index (χ1v) is 6.91. The minimum absolute atomic E-state index is 0.0155. The van der Waals surface area contributed by atoms with Gasteiger partial charge >= 0.3 is 0 Å².